The van der Waals surface area contributed by atoms with Crippen molar-refractivity contribution in [3.05, 3.63) is 30.0 Å². The van der Waals surface area contributed by atoms with Gasteiger partial charge in [-0.3, -0.25) is 14.8 Å². The Hall–Kier alpha value is -1.92. The number of carbonyl (C=O) groups excluding carboxylic acids is 1. The SMILES string of the molecule is O=C(c1cccc2cn[nH]c12)N1CCN(CCO)CC1. The summed E-state index contributed by atoms with van der Waals surface area (Å²) in [5.41, 5.74) is 1.48. The molecule has 3 rings (SSSR count). The lowest BCUT2D eigenvalue weighted by molar-refractivity contribution is 0.0616. The van der Waals surface area contributed by atoms with Crippen LogP contribution in [-0.2, 0) is 0 Å². The second-order valence-corrected chi connectivity index (χ2v) is 5.00. The third kappa shape index (κ3) is 2.39. The van der Waals surface area contributed by atoms with Crippen LogP contribution in [0.3, 0.4) is 0 Å². The van der Waals surface area contributed by atoms with E-state index >= 15 is 0 Å². The van der Waals surface area contributed by atoms with Crippen LogP contribution in [0.1, 0.15) is 10.4 Å². The Morgan fingerprint density at radius 3 is 2.85 bits per heavy atom. The fourth-order valence-electron chi connectivity index (χ4n) is 2.63. The number of para-hydroxylation sites is 1. The van der Waals surface area contributed by atoms with Crippen molar-refractivity contribution >= 4 is 16.8 Å². The third-order valence-electron chi connectivity index (χ3n) is 3.78. The minimum Gasteiger partial charge on any atom is -0.395 e. The maximum absolute atomic E-state index is 12.6. The number of H-pyrrole nitrogens is 1. The van der Waals surface area contributed by atoms with Crippen molar-refractivity contribution in [3.8, 4) is 0 Å². The minimum atomic E-state index is 0.0449. The number of benzene rings is 1. The van der Waals surface area contributed by atoms with Gasteiger partial charge in [0.25, 0.3) is 5.91 Å². The van der Waals surface area contributed by atoms with Gasteiger partial charge in [-0.2, -0.15) is 5.10 Å². The molecule has 0 atom stereocenters. The Kier molecular flexibility index (Phi) is 3.66. The number of amides is 1. The van der Waals surface area contributed by atoms with Gasteiger partial charge in [0.2, 0.25) is 0 Å². The second kappa shape index (κ2) is 5.60. The van der Waals surface area contributed by atoms with Crippen LogP contribution >= 0.6 is 0 Å². The van der Waals surface area contributed by atoms with E-state index in [0.717, 1.165) is 24.0 Å². The molecule has 0 unspecified atom stereocenters. The molecule has 1 aliphatic heterocycles. The van der Waals surface area contributed by atoms with Crippen molar-refractivity contribution in [1.82, 2.24) is 20.0 Å². The van der Waals surface area contributed by atoms with Crippen molar-refractivity contribution in [1.29, 1.82) is 0 Å². The first-order valence-electron chi connectivity index (χ1n) is 6.84. The molecule has 2 aromatic rings. The Morgan fingerprint density at radius 2 is 2.10 bits per heavy atom. The number of aromatic nitrogens is 2. The topological polar surface area (TPSA) is 72.5 Å². The molecule has 2 N–H and O–H groups in total. The molecule has 1 fully saturated rings. The Balaban J connectivity index is 1.75. The second-order valence-electron chi connectivity index (χ2n) is 5.00. The highest BCUT2D eigenvalue weighted by molar-refractivity contribution is 6.05. The molecule has 106 valence electrons. The smallest absolute Gasteiger partial charge is 0.256 e. The number of fused-ring (bicyclic) bond motifs is 1. The summed E-state index contributed by atoms with van der Waals surface area (Å²) in [5, 5.41) is 16.8. The van der Waals surface area contributed by atoms with Crippen molar-refractivity contribution in [2.45, 2.75) is 0 Å². The van der Waals surface area contributed by atoms with E-state index in [0.29, 0.717) is 25.2 Å². The fraction of sp³-hybridized carbons (Fsp3) is 0.429. The first kappa shape index (κ1) is 13.1. The minimum absolute atomic E-state index is 0.0449. The van der Waals surface area contributed by atoms with E-state index in [1.165, 1.54) is 0 Å². The molecule has 0 spiro atoms. The van der Waals surface area contributed by atoms with Gasteiger partial charge in [0.05, 0.1) is 23.9 Å². The van der Waals surface area contributed by atoms with Crippen molar-refractivity contribution < 1.29 is 9.90 Å². The Morgan fingerprint density at radius 1 is 1.30 bits per heavy atom. The number of aliphatic hydroxyl groups is 1. The van der Waals surface area contributed by atoms with Gasteiger partial charge < -0.3 is 10.0 Å². The first-order valence-corrected chi connectivity index (χ1v) is 6.84. The molecule has 0 bridgehead atoms. The summed E-state index contributed by atoms with van der Waals surface area (Å²) in [6.07, 6.45) is 1.73. The van der Waals surface area contributed by atoms with Gasteiger partial charge in [0.1, 0.15) is 0 Å². The molecule has 1 aromatic carbocycles. The number of piperazine rings is 1. The molecule has 0 saturated carbocycles. The van der Waals surface area contributed by atoms with Gasteiger partial charge in [0, 0.05) is 38.1 Å². The van der Waals surface area contributed by atoms with Crippen LogP contribution in [0.4, 0.5) is 0 Å². The average Bonchev–Trinajstić information content (AvgIpc) is 2.96. The van der Waals surface area contributed by atoms with Crippen LogP contribution in [0.2, 0.25) is 0 Å². The van der Waals surface area contributed by atoms with Crippen LogP contribution in [-0.4, -0.2) is 70.3 Å². The molecule has 0 radical (unpaired) electrons. The zero-order chi connectivity index (χ0) is 13.9. The van der Waals surface area contributed by atoms with Gasteiger partial charge >= 0.3 is 0 Å². The number of hydrogen-bond donors (Lipinski definition) is 2. The van der Waals surface area contributed by atoms with Crippen LogP contribution in [0.15, 0.2) is 24.4 Å². The van der Waals surface area contributed by atoms with Gasteiger partial charge in [-0.25, -0.2) is 0 Å². The van der Waals surface area contributed by atoms with Crippen molar-refractivity contribution in [3.63, 3.8) is 0 Å². The van der Waals surface area contributed by atoms with Crippen molar-refractivity contribution in [2.75, 3.05) is 39.3 Å². The predicted molar refractivity (Wildman–Crippen MR) is 75.5 cm³/mol. The predicted octanol–water partition coefficient (Wildman–Crippen LogP) is 0.313. The third-order valence-corrected chi connectivity index (χ3v) is 3.78. The lowest BCUT2D eigenvalue weighted by atomic mass is 10.1. The molecular formula is C14H18N4O2. The highest BCUT2D eigenvalue weighted by atomic mass is 16.3. The Bertz CT molecular complexity index is 602. The van der Waals surface area contributed by atoms with Gasteiger partial charge in [-0.1, -0.05) is 12.1 Å². The van der Waals surface area contributed by atoms with Crippen LogP contribution in [0.5, 0.6) is 0 Å². The summed E-state index contributed by atoms with van der Waals surface area (Å²) >= 11 is 0. The largest absolute Gasteiger partial charge is 0.395 e. The standard InChI is InChI=1S/C14H18N4O2/c19-9-8-17-4-6-18(7-5-17)14(20)12-3-1-2-11-10-15-16-13(11)12/h1-3,10,19H,4-9H2,(H,15,16). The van der Waals surface area contributed by atoms with Gasteiger partial charge in [0.15, 0.2) is 0 Å². The van der Waals surface area contributed by atoms with E-state index in [-0.39, 0.29) is 12.5 Å². The number of aromatic amines is 1. The number of β-amino-alcohol motifs (C(OH)–C–C–N with tert-alkyl or cyclic N) is 1. The monoisotopic (exact) mass is 274 g/mol. The zero-order valence-electron chi connectivity index (χ0n) is 11.2. The van der Waals surface area contributed by atoms with E-state index in [2.05, 4.69) is 15.1 Å². The average molecular weight is 274 g/mol. The summed E-state index contributed by atoms with van der Waals surface area (Å²) < 4.78 is 0. The quantitative estimate of drug-likeness (QED) is 0.845. The first-order chi connectivity index (χ1) is 9.79. The van der Waals surface area contributed by atoms with E-state index in [1.54, 1.807) is 6.20 Å². The van der Waals surface area contributed by atoms with Gasteiger partial charge in [-0.15, -0.1) is 0 Å². The molecule has 1 saturated heterocycles. The molecule has 20 heavy (non-hydrogen) atoms. The number of rotatable bonds is 3. The molecule has 2 heterocycles. The maximum Gasteiger partial charge on any atom is 0.256 e. The fourth-order valence-corrected chi connectivity index (χ4v) is 2.63. The molecule has 1 aromatic heterocycles. The van der Waals surface area contributed by atoms with Crippen LogP contribution in [0.25, 0.3) is 10.9 Å². The molecular weight excluding hydrogens is 256 g/mol. The maximum atomic E-state index is 12.6. The van der Waals surface area contributed by atoms with Crippen molar-refractivity contribution in [2.24, 2.45) is 0 Å². The van der Waals surface area contributed by atoms with E-state index in [4.69, 9.17) is 5.11 Å². The summed E-state index contributed by atoms with van der Waals surface area (Å²) in [5.74, 6) is 0.0449. The normalized spacial score (nSPS) is 16.8. The van der Waals surface area contributed by atoms with Crippen LogP contribution < -0.4 is 0 Å². The summed E-state index contributed by atoms with van der Waals surface area (Å²) in [6.45, 7) is 3.86. The summed E-state index contributed by atoms with van der Waals surface area (Å²) in [4.78, 5) is 16.6. The number of nitrogens with zero attached hydrogens (tertiary/aromatic N) is 3. The molecule has 6 heteroatoms. The highest BCUT2D eigenvalue weighted by Gasteiger charge is 2.23. The Labute approximate surface area is 117 Å². The number of nitrogens with one attached hydrogen (secondary N) is 1. The summed E-state index contributed by atoms with van der Waals surface area (Å²) in [7, 11) is 0. The number of aliphatic hydroxyl groups excluding tert-OH is 1. The van der Waals surface area contributed by atoms with E-state index in [9.17, 15) is 4.79 Å². The van der Waals surface area contributed by atoms with E-state index in [1.807, 2.05) is 23.1 Å². The highest BCUT2D eigenvalue weighted by Crippen LogP contribution is 2.18. The number of carbonyl (C=O) groups is 1. The van der Waals surface area contributed by atoms with Crippen LogP contribution in [0, 0.1) is 0 Å². The summed E-state index contributed by atoms with van der Waals surface area (Å²) in [6, 6.07) is 5.66. The van der Waals surface area contributed by atoms with E-state index < -0.39 is 0 Å². The lowest BCUT2D eigenvalue weighted by Gasteiger charge is -2.34. The zero-order valence-corrected chi connectivity index (χ0v) is 11.2. The molecule has 6 nitrogen and oxygen atoms in total. The molecule has 1 aliphatic rings. The molecule has 1 amide bonds. The molecule has 0 aliphatic carbocycles. The lowest BCUT2D eigenvalue weighted by Crippen LogP contribution is -2.49. The van der Waals surface area contributed by atoms with Gasteiger partial charge in [-0.05, 0) is 6.07 Å². The number of hydrogen-bond acceptors (Lipinski definition) is 4.